The monoisotopic (exact) mass is 584 g/mol. The maximum Gasteiger partial charge on any atom is 0.143 e. The summed E-state index contributed by atoms with van der Waals surface area (Å²) in [6.07, 6.45) is 0. The van der Waals surface area contributed by atoms with Crippen molar-refractivity contribution in [2.75, 3.05) is 0 Å². The summed E-state index contributed by atoms with van der Waals surface area (Å²) in [6, 6.07) is 62.0. The number of hydrogen-bond donors (Lipinski definition) is 0. The molecule has 1 nitrogen and oxygen atoms in total. The Bertz CT molecular complexity index is 2510. The molecule has 2 aliphatic rings. The van der Waals surface area contributed by atoms with Gasteiger partial charge in [-0.1, -0.05) is 158 Å². The van der Waals surface area contributed by atoms with Crippen LogP contribution < -0.4 is 4.74 Å². The Hall–Kier alpha value is -5.92. The van der Waals surface area contributed by atoms with Gasteiger partial charge in [-0.05, 0) is 72.8 Å². The van der Waals surface area contributed by atoms with Gasteiger partial charge < -0.3 is 4.74 Å². The van der Waals surface area contributed by atoms with Crippen LogP contribution in [0.1, 0.15) is 22.3 Å². The predicted octanol–water partition coefficient (Wildman–Crippen LogP) is 11.8. The van der Waals surface area contributed by atoms with Crippen LogP contribution in [0.4, 0.5) is 0 Å². The first kappa shape index (κ1) is 25.4. The lowest BCUT2D eigenvalue weighted by atomic mass is 9.65. The fourth-order valence-electron chi connectivity index (χ4n) is 8.32. The van der Waals surface area contributed by atoms with E-state index in [0.717, 1.165) is 22.6 Å². The third kappa shape index (κ3) is 3.29. The van der Waals surface area contributed by atoms with E-state index < -0.39 is 5.41 Å². The highest BCUT2D eigenvalue weighted by atomic mass is 16.5. The van der Waals surface area contributed by atoms with E-state index in [1.807, 2.05) is 0 Å². The molecule has 1 heterocycles. The minimum atomic E-state index is -0.557. The van der Waals surface area contributed by atoms with Gasteiger partial charge in [-0.2, -0.15) is 0 Å². The van der Waals surface area contributed by atoms with Crippen LogP contribution in [0.2, 0.25) is 0 Å². The minimum Gasteiger partial charge on any atom is -0.455 e. The maximum atomic E-state index is 6.90. The molecule has 0 bridgehead atoms. The Morgan fingerprint density at radius 3 is 1.78 bits per heavy atom. The lowest BCUT2D eigenvalue weighted by molar-refractivity contribution is 0.488. The van der Waals surface area contributed by atoms with Gasteiger partial charge in [0.15, 0.2) is 0 Å². The third-order valence-electron chi connectivity index (χ3n) is 10.1. The molecule has 1 atom stereocenters. The molecule has 1 aliphatic carbocycles. The summed E-state index contributed by atoms with van der Waals surface area (Å²) in [6.45, 7) is 0. The SMILES string of the molecule is c1ccc(C2(c3ccccc3-c3ccc4cccc5c4c3Oc3ccccc3-5)c3ccccc3-c3ccc4ccccc4c32)cc1. The lowest BCUT2D eigenvalue weighted by Crippen LogP contribution is -2.29. The van der Waals surface area contributed by atoms with Crippen LogP contribution in [0.25, 0.3) is 54.9 Å². The van der Waals surface area contributed by atoms with Crippen LogP contribution in [-0.4, -0.2) is 0 Å². The minimum absolute atomic E-state index is 0.557. The van der Waals surface area contributed by atoms with Gasteiger partial charge in [0.2, 0.25) is 0 Å². The zero-order valence-corrected chi connectivity index (χ0v) is 25.1. The van der Waals surface area contributed by atoms with Gasteiger partial charge in [0.25, 0.3) is 0 Å². The molecule has 0 fully saturated rings. The molecule has 8 aromatic rings. The van der Waals surface area contributed by atoms with Crippen LogP contribution >= 0.6 is 0 Å². The van der Waals surface area contributed by atoms with Crippen molar-refractivity contribution < 1.29 is 4.74 Å². The zero-order chi connectivity index (χ0) is 30.2. The second kappa shape index (κ2) is 9.54. The second-order valence-electron chi connectivity index (χ2n) is 12.4. The average molecular weight is 585 g/mol. The molecule has 0 spiro atoms. The molecule has 214 valence electrons. The van der Waals surface area contributed by atoms with Gasteiger partial charge in [-0.25, -0.2) is 0 Å². The number of benzene rings is 8. The van der Waals surface area contributed by atoms with Gasteiger partial charge in [0, 0.05) is 16.5 Å². The summed E-state index contributed by atoms with van der Waals surface area (Å²) in [4.78, 5) is 0. The summed E-state index contributed by atoms with van der Waals surface area (Å²) in [5.41, 5.74) is 11.8. The smallest absolute Gasteiger partial charge is 0.143 e. The van der Waals surface area contributed by atoms with Crippen molar-refractivity contribution in [2.24, 2.45) is 0 Å². The van der Waals surface area contributed by atoms with Crippen LogP contribution in [0.15, 0.2) is 170 Å². The molecule has 1 heteroatoms. The number of ether oxygens (including phenoxy) is 1. The van der Waals surface area contributed by atoms with Crippen LogP contribution in [0, 0.1) is 0 Å². The van der Waals surface area contributed by atoms with Gasteiger partial charge in [-0.3, -0.25) is 0 Å². The first-order chi connectivity index (χ1) is 22.8. The molecule has 0 radical (unpaired) electrons. The molecule has 46 heavy (non-hydrogen) atoms. The molecule has 1 aliphatic heterocycles. The molecule has 0 amide bonds. The van der Waals surface area contributed by atoms with E-state index in [1.165, 1.54) is 66.1 Å². The molecule has 8 aromatic carbocycles. The molecular weight excluding hydrogens is 556 g/mol. The molecule has 0 saturated heterocycles. The number of rotatable bonds is 3. The summed E-state index contributed by atoms with van der Waals surface area (Å²) < 4.78 is 6.90. The van der Waals surface area contributed by atoms with Gasteiger partial charge in [0.1, 0.15) is 11.5 Å². The van der Waals surface area contributed by atoms with E-state index in [4.69, 9.17) is 4.74 Å². The Morgan fingerprint density at radius 1 is 0.370 bits per heavy atom. The van der Waals surface area contributed by atoms with Crippen molar-refractivity contribution in [3.63, 3.8) is 0 Å². The molecule has 10 rings (SSSR count). The topological polar surface area (TPSA) is 9.23 Å². The quantitative estimate of drug-likeness (QED) is 0.201. The Balaban J connectivity index is 1.36. The second-order valence-corrected chi connectivity index (χ2v) is 12.4. The van der Waals surface area contributed by atoms with Gasteiger partial charge in [0.05, 0.1) is 5.41 Å². The highest BCUT2D eigenvalue weighted by Gasteiger charge is 2.48. The maximum absolute atomic E-state index is 6.90. The van der Waals surface area contributed by atoms with E-state index in [2.05, 4.69) is 170 Å². The van der Waals surface area contributed by atoms with Crippen molar-refractivity contribution in [1.29, 1.82) is 0 Å². The fraction of sp³-hybridized carbons (Fsp3) is 0.0222. The zero-order valence-electron chi connectivity index (χ0n) is 25.1. The van der Waals surface area contributed by atoms with Crippen molar-refractivity contribution >= 4 is 21.5 Å². The van der Waals surface area contributed by atoms with Crippen LogP contribution in [0.5, 0.6) is 11.5 Å². The van der Waals surface area contributed by atoms with E-state index in [9.17, 15) is 0 Å². The summed E-state index contributed by atoms with van der Waals surface area (Å²) in [7, 11) is 0. The number of fused-ring (bicyclic) bond motifs is 7. The van der Waals surface area contributed by atoms with Gasteiger partial charge >= 0.3 is 0 Å². The Morgan fingerprint density at radius 2 is 0.957 bits per heavy atom. The summed E-state index contributed by atoms with van der Waals surface area (Å²) >= 11 is 0. The van der Waals surface area contributed by atoms with E-state index in [1.54, 1.807) is 0 Å². The van der Waals surface area contributed by atoms with Crippen molar-refractivity contribution in [2.45, 2.75) is 5.41 Å². The number of hydrogen-bond acceptors (Lipinski definition) is 1. The predicted molar refractivity (Wildman–Crippen MR) is 190 cm³/mol. The van der Waals surface area contributed by atoms with Crippen molar-refractivity contribution in [3.8, 4) is 44.9 Å². The highest BCUT2D eigenvalue weighted by molar-refractivity contribution is 6.08. The van der Waals surface area contributed by atoms with E-state index in [-0.39, 0.29) is 0 Å². The molecule has 0 aromatic heterocycles. The van der Waals surface area contributed by atoms with Crippen LogP contribution in [-0.2, 0) is 5.41 Å². The highest BCUT2D eigenvalue weighted by Crippen LogP contribution is 2.60. The van der Waals surface area contributed by atoms with E-state index in [0.29, 0.717) is 0 Å². The number of para-hydroxylation sites is 1. The summed E-state index contributed by atoms with van der Waals surface area (Å²) in [5, 5.41) is 4.88. The molecule has 0 N–H and O–H groups in total. The first-order valence-corrected chi connectivity index (χ1v) is 15.9. The largest absolute Gasteiger partial charge is 0.455 e. The Labute approximate surface area is 268 Å². The molecular formula is C45H28O. The molecule has 0 saturated carbocycles. The first-order valence-electron chi connectivity index (χ1n) is 15.9. The third-order valence-corrected chi connectivity index (χ3v) is 10.1. The normalized spacial score (nSPS) is 15.7. The fourth-order valence-corrected chi connectivity index (χ4v) is 8.32. The lowest BCUT2D eigenvalue weighted by Gasteiger charge is -2.36. The van der Waals surface area contributed by atoms with E-state index >= 15 is 0 Å². The van der Waals surface area contributed by atoms with Crippen LogP contribution in [0.3, 0.4) is 0 Å². The molecule has 1 unspecified atom stereocenters. The van der Waals surface area contributed by atoms with Gasteiger partial charge in [-0.15, -0.1) is 0 Å². The van der Waals surface area contributed by atoms with Crippen molar-refractivity contribution in [1.82, 2.24) is 0 Å². The Kier molecular flexibility index (Phi) is 5.27. The summed E-state index contributed by atoms with van der Waals surface area (Å²) in [5.74, 6) is 1.82. The average Bonchev–Trinajstić information content (AvgIpc) is 3.44. The van der Waals surface area contributed by atoms with Crippen molar-refractivity contribution in [3.05, 3.63) is 192 Å². The standard InChI is InChI=1S/C45H28O/c1-2-15-31(16-3-1)45(39-22-9-6-18-33(39)37-27-25-29-13-4-5-17-32(29)43(37)45)40-23-10-7-19-34(40)38-28-26-30-14-12-21-36-35-20-8-11-24-41(35)46-44(38)42(30)36/h1-28H.